The zero-order valence-corrected chi connectivity index (χ0v) is 17.5. The van der Waals surface area contributed by atoms with E-state index in [0.29, 0.717) is 32.0 Å². The minimum Gasteiger partial charge on any atom is -0.393 e. The molecule has 3 saturated carbocycles. The summed E-state index contributed by atoms with van der Waals surface area (Å²) in [6.45, 7) is 7.74. The topological polar surface area (TPSA) is 79.2 Å². The first kappa shape index (κ1) is 19.5. The van der Waals surface area contributed by atoms with Gasteiger partial charge < -0.3 is 24.8 Å². The summed E-state index contributed by atoms with van der Waals surface area (Å²) >= 11 is 0. The Morgan fingerprint density at radius 2 is 1.75 bits per heavy atom. The van der Waals surface area contributed by atoms with Crippen molar-refractivity contribution in [3.05, 3.63) is 11.6 Å². The fourth-order valence-corrected chi connectivity index (χ4v) is 8.51. The number of rotatable bonds is 1. The molecule has 4 fully saturated rings. The number of aliphatic hydroxyl groups is 3. The van der Waals surface area contributed by atoms with Gasteiger partial charge in [0.2, 0.25) is 0 Å². The molecule has 0 spiro atoms. The molecule has 5 aliphatic rings. The highest BCUT2D eigenvalue weighted by atomic mass is 16.7. The third-order valence-corrected chi connectivity index (χ3v) is 9.50. The number of fused-ring (bicyclic) bond motifs is 5. The predicted molar refractivity (Wildman–Crippen MR) is 104 cm³/mol. The van der Waals surface area contributed by atoms with E-state index in [9.17, 15) is 15.3 Å². The SMILES string of the molecule is CC1(C2CCC3C4CC=C5CC(O)CCC5(C)C4C(O)(O)CC32C)OCCO1. The van der Waals surface area contributed by atoms with Crippen molar-refractivity contribution < 1.29 is 24.8 Å². The van der Waals surface area contributed by atoms with Gasteiger partial charge in [-0.1, -0.05) is 25.5 Å². The van der Waals surface area contributed by atoms with Crippen LogP contribution in [0.5, 0.6) is 0 Å². The summed E-state index contributed by atoms with van der Waals surface area (Å²) in [6, 6.07) is 0. The highest BCUT2D eigenvalue weighted by molar-refractivity contribution is 5.27. The summed E-state index contributed by atoms with van der Waals surface area (Å²) in [5, 5.41) is 33.1. The first-order chi connectivity index (χ1) is 13.1. The standard InChI is InChI=1S/C23H36O5/c1-20-9-8-15(24)12-14(20)4-5-16-17-6-7-18(22(3)27-10-11-28-22)21(17,2)13-23(25,26)19(16)20/h4,15-19,24-26H,5-13H2,1-3H3. The zero-order chi connectivity index (χ0) is 19.9. The van der Waals surface area contributed by atoms with E-state index in [-0.39, 0.29) is 34.7 Å². The maximum Gasteiger partial charge on any atom is 0.169 e. The van der Waals surface area contributed by atoms with E-state index in [1.165, 1.54) is 5.57 Å². The van der Waals surface area contributed by atoms with Crippen LogP contribution >= 0.6 is 0 Å². The van der Waals surface area contributed by atoms with Gasteiger partial charge in [-0.2, -0.15) is 0 Å². The first-order valence-electron chi connectivity index (χ1n) is 11.2. The monoisotopic (exact) mass is 392 g/mol. The van der Waals surface area contributed by atoms with E-state index in [1.807, 2.05) is 6.92 Å². The Balaban J connectivity index is 1.54. The van der Waals surface area contributed by atoms with Gasteiger partial charge in [-0.3, -0.25) is 0 Å². The van der Waals surface area contributed by atoms with Crippen molar-refractivity contribution in [3.8, 4) is 0 Å². The number of aliphatic hydroxyl groups excluding tert-OH is 1. The van der Waals surface area contributed by atoms with Gasteiger partial charge in [0.1, 0.15) is 0 Å². The average Bonchev–Trinajstić information content (AvgIpc) is 3.18. The van der Waals surface area contributed by atoms with E-state index in [4.69, 9.17) is 9.47 Å². The van der Waals surface area contributed by atoms with Crippen molar-refractivity contribution in [1.29, 1.82) is 0 Å². The van der Waals surface area contributed by atoms with Crippen LogP contribution < -0.4 is 0 Å². The lowest BCUT2D eigenvalue weighted by Crippen LogP contribution is -2.63. The van der Waals surface area contributed by atoms with Crippen LogP contribution in [0.2, 0.25) is 0 Å². The van der Waals surface area contributed by atoms with E-state index >= 15 is 0 Å². The van der Waals surface area contributed by atoms with Crippen LogP contribution in [0.15, 0.2) is 11.6 Å². The maximum absolute atomic E-state index is 11.5. The molecule has 28 heavy (non-hydrogen) atoms. The molecule has 7 unspecified atom stereocenters. The molecule has 4 aliphatic carbocycles. The second-order valence-corrected chi connectivity index (χ2v) is 10.9. The molecule has 0 bridgehead atoms. The van der Waals surface area contributed by atoms with E-state index < -0.39 is 11.6 Å². The van der Waals surface area contributed by atoms with Gasteiger partial charge in [-0.05, 0) is 68.1 Å². The first-order valence-corrected chi connectivity index (χ1v) is 11.2. The van der Waals surface area contributed by atoms with Gasteiger partial charge in [-0.25, -0.2) is 0 Å². The Kier molecular flexibility index (Phi) is 4.21. The molecule has 0 aromatic rings. The molecule has 1 saturated heterocycles. The largest absolute Gasteiger partial charge is 0.393 e. The Hall–Kier alpha value is -0.460. The van der Waals surface area contributed by atoms with Gasteiger partial charge in [-0.15, -0.1) is 0 Å². The van der Waals surface area contributed by atoms with Crippen LogP contribution in [0, 0.1) is 34.5 Å². The number of hydrogen-bond acceptors (Lipinski definition) is 5. The lowest BCUT2D eigenvalue weighted by Gasteiger charge is -2.62. The van der Waals surface area contributed by atoms with Crippen LogP contribution in [0.1, 0.15) is 65.7 Å². The minimum absolute atomic E-state index is 0.164. The van der Waals surface area contributed by atoms with Crippen LogP contribution in [0.3, 0.4) is 0 Å². The fourth-order valence-electron chi connectivity index (χ4n) is 8.51. The molecule has 5 heteroatoms. The van der Waals surface area contributed by atoms with Gasteiger partial charge in [0, 0.05) is 18.3 Å². The van der Waals surface area contributed by atoms with Crippen molar-refractivity contribution in [1.82, 2.24) is 0 Å². The van der Waals surface area contributed by atoms with E-state index in [1.54, 1.807) is 0 Å². The summed E-state index contributed by atoms with van der Waals surface area (Å²) in [4.78, 5) is 0. The second-order valence-electron chi connectivity index (χ2n) is 10.9. The van der Waals surface area contributed by atoms with Crippen molar-refractivity contribution in [3.63, 3.8) is 0 Å². The predicted octanol–water partition coefficient (Wildman–Crippen LogP) is 2.98. The third-order valence-electron chi connectivity index (χ3n) is 9.50. The molecule has 158 valence electrons. The quantitative estimate of drug-likeness (QED) is 0.472. The molecular weight excluding hydrogens is 356 g/mol. The van der Waals surface area contributed by atoms with Crippen molar-refractivity contribution in [2.24, 2.45) is 34.5 Å². The number of hydrogen-bond donors (Lipinski definition) is 3. The van der Waals surface area contributed by atoms with Crippen molar-refractivity contribution in [2.75, 3.05) is 13.2 Å². The van der Waals surface area contributed by atoms with Crippen LogP contribution in [-0.2, 0) is 9.47 Å². The molecule has 5 rings (SSSR count). The molecule has 5 nitrogen and oxygen atoms in total. The Morgan fingerprint density at radius 3 is 2.46 bits per heavy atom. The second kappa shape index (κ2) is 6.04. The lowest BCUT2D eigenvalue weighted by atomic mass is 9.45. The van der Waals surface area contributed by atoms with Crippen molar-refractivity contribution >= 4 is 0 Å². The van der Waals surface area contributed by atoms with Crippen molar-refractivity contribution in [2.45, 2.75) is 83.4 Å². The van der Waals surface area contributed by atoms with E-state index in [2.05, 4.69) is 19.9 Å². The zero-order valence-electron chi connectivity index (χ0n) is 17.5. The van der Waals surface area contributed by atoms with Crippen LogP contribution in [0.25, 0.3) is 0 Å². The molecule has 0 aromatic heterocycles. The van der Waals surface area contributed by atoms with Gasteiger partial charge >= 0.3 is 0 Å². The summed E-state index contributed by atoms with van der Waals surface area (Å²) in [5.41, 5.74) is 0.808. The maximum atomic E-state index is 11.5. The normalized spacial score (nSPS) is 51.8. The fraction of sp³-hybridized carbons (Fsp3) is 0.913. The summed E-state index contributed by atoms with van der Waals surface area (Å²) < 4.78 is 12.1. The average molecular weight is 393 g/mol. The summed E-state index contributed by atoms with van der Waals surface area (Å²) in [6.07, 6.45) is 7.68. The van der Waals surface area contributed by atoms with E-state index in [0.717, 1.165) is 32.1 Å². The van der Waals surface area contributed by atoms with Crippen LogP contribution in [-0.4, -0.2) is 46.2 Å². The molecule has 7 atom stereocenters. The molecule has 0 radical (unpaired) electrons. The highest BCUT2D eigenvalue weighted by Crippen LogP contribution is 2.69. The van der Waals surface area contributed by atoms with Gasteiger partial charge in [0.15, 0.2) is 11.6 Å². The minimum atomic E-state index is -1.70. The lowest BCUT2D eigenvalue weighted by molar-refractivity contribution is -0.307. The molecule has 1 aliphatic heterocycles. The van der Waals surface area contributed by atoms with Gasteiger partial charge in [0.05, 0.1) is 19.3 Å². The number of allylic oxidation sites excluding steroid dienone is 1. The third kappa shape index (κ3) is 2.49. The molecule has 0 aromatic carbocycles. The Labute approximate surface area is 168 Å². The highest BCUT2D eigenvalue weighted by Gasteiger charge is 2.68. The Morgan fingerprint density at radius 1 is 1.04 bits per heavy atom. The summed E-state index contributed by atoms with van der Waals surface area (Å²) in [5.74, 6) is -1.60. The molecule has 3 N–H and O–H groups in total. The smallest absolute Gasteiger partial charge is 0.169 e. The number of ether oxygens (including phenoxy) is 2. The molecular formula is C23H36O5. The van der Waals surface area contributed by atoms with Crippen LogP contribution in [0.4, 0.5) is 0 Å². The molecule has 0 amide bonds. The molecule has 1 heterocycles. The van der Waals surface area contributed by atoms with Gasteiger partial charge in [0.25, 0.3) is 0 Å². The Bertz CT molecular complexity index is 680. The summed E-state index contributed by atoms with van der Waals surface area (Å²) in [7, 11) is 0.